The number of aryl methyl sites for hydroxylation is 2. The number of amides is 1. The molecule has 3 heterocycles. The average Bonchev–Trinajstić information content (AvgIpc) is 2.77. The zero-order chi connectivity index (χ0) is 15.1. The molecule has 3 aliphatic rings. The first-order valence-electron chi connectivity index (χ1n) is 8.26. The SMILES string of the molecule is CN1C[C@H]2COC[C@@H]1CN(C(=O)c1nc3c(s1)CCCC3)C2. The van der Waals surface area contributed by atoms with Gasteiger partial charge in [0.25, 0.3) is 5.91 Å². The predicted molar refractivity (Wildman–Crippen MR) is 85.4 cm³/mol. The lowest BCUT2D eigenvalue weighted by atomic mass is 10.0. The summed E-state index contributed by atoms with van der Waals surface area (Å²) in [7, 11) is 2.14. The molecule has 2 saturated heterocycles. The Bertz CT molecular complexity index is 550. The Hall–Kier alpha value is -0.980. The van der Waals surface area contributed by atoms with E-state index in [2.05, 4.69) is 16.9 Å². The molecular formula is C16H23N3O2S. The molecule has 1 aromatic heterocycles. The summed E-state index contributed by atoms with van der Waals surface area (Å²) in [4.78, 5) is 23.3. The van der Waals surface area contributed by atoms with Gasteiger partial charge in [-0.05, 0) is 32.7 Å². The highest BCUT2D eigenvalue weighted by molar-refractivity contribution is 7.13. The number of rotatable bonds is 1. The molecule has 0 unspecified atom stereocenters. The number of hydrogen-bond acceptors (Lipinski definition) is 5. The monoisotopic (exact) mass is 321 g/mol. The average molecular weight is 321 g/mol. The van der Waals surface area contributed by atoms with Crippen LogP contribution in [-0.2, 0) is 17.6 Å². The van der Waals surface area contributed by atoms with Crippen molar-refractivity contribution < 1.29 is 9.53 Å². The Morgan fingerprint density at radius 1 is 1.23 bits per heavy atom. The van der Waals surface area contributed by atoms with Crippen LogP contribution in [0, 0.1) is 5.92 Å². The van der Waals surface area contributed by atoms with Crippen LogP contribution in [0.1, 0.15) is 33.2 Å². The Labute approximate surface area is 135 Å². The maximum atomic E-state index is 12.9. The van der Waals surface area contributed by atoms with Crippen LogP contribution in [0.2, 0.25) is 0 Å². The first kappa shape index (κ1) is 14.6. The van der Waals surface area contributed by atoms with Gasteiger partial charge in [-0.15, -0.1) is 11.3 Å². The van der Waals surface area contributed by atoms with Crippen molar-refractivity contribution in [3.63, 3.8) is 0 Å². The van der Waals surface area contributed by atoms with Crippen molar-refractivity contribution in [3.05, 3.63) is 15.6 Å². The van der Waals surface area contributed by atoms with Crippen molar-refractivity contribution in [3.8, 4) is 0 Å². The van der Waals surface area contributed by atoms with E-state index >= 15 is 0 Å². The first-order chi connectivity index (χ1) is 10.7. The van der Waals surface area contributed by atoms with E-state index in [9.17, 15) is 4.79 Å². The van der Waals surface area contributed by atoms with Crippen molar-refractivity contribution in [1.82, 2.24) is 14.8 Å². The second-order valence-electron chi connectivity index (χ2n) is 6.80. The number of ether oxygens (including phenoxy) is 1. The third-order valence-electron chi connectivity index (χ3n) is 5.06. The molecule has 22 heavy (non-hydrogen) atoms. The Balaban J connectivity index is 1.56. The highest BCUT2D eigenvalue weighted by Crippen LogP contribution is 2.28. The topological polar surface area (TPSA) is 45.7 Å². The van der Waals surface area contributed by atoms with Gasteiger partial charge in [0.15, 0.2) is 5.01 Å². The van der Waals surface area contributed by atoms with Gasteiger partial charge in [0.1, 0.15) is 0 Å². The van der Waals surface area contributed by atoms with Gasteiger partial charge < -0.3 is 9.64 Å². The fourth-order valence-electron chi connectivity index (χ4n) is 3.79. The van der Waals surface area contributed by atoms with E-state index in [-0.39, 0.29) is 5.91 Å². The number of thiazole rings is 1. The highest BCUT2D eigenvalue weighted by Gasteiger charge is 2.34. The number of nitrogens with zero attached hydrogens (tertiary/aromatic N) is 3. The molecule has 2 atom stereocenters. The van der Waals surface area contributed by atoms with E-state index < -0.39 is 0 Å². The van der Waals surface area contributed by atoms with E-state index in [1.165, 1.54) is 23.4 Å². The van der Waals surface area contributed by atoms with Gasteiger partial charge in [0.05, 0.1) is 24.9 Å². The number of likely N-dealkylation sites (N-methyl/N-ethyl adjacent to an activating group) is 1. The standard InChI is InChI=1S/C16H23N3O2S/c1-18-6-11-7-19(8-12(18)10-21-9-11)16(20)15-17-13-4-2-3-5-14(13)22-15/h11-12H,2-10H2,1H3/t11-,12+/m1/s1. The van der Waals surface area contributed by atoms with E-state index in [0.717, 1.165) is 45.7 Å². The van der Waals surface area contributed by atoms with Crippen molar-refractivity contribution in [2.75, 3.05) is 39.9 Å². The molecule has 0 spiro atoms. The normalized spacial score (nSPS) is 29.0. The second kappa shape index (κ2) is 5.91. The second-order valence-corrected chi connectivity index (χ2v) is 7.89. The van der Waals surface area contributed by atoms with Gasteiger partial charge >= 0.3 is 0 Å². The fourth-order valence-corrected chi connectivity index (χ4v) is 4.91. The zero-order valence-corrected chi connectivity index (χ0v) is 13.9. The molecule has 0 radical (unpaired) electrons. The number of carbonyl (C=O) groups excluding carboxylic acids is 1. The molecule has 2 bridgehead atoms. The lowest BCUT2D eigenvalue weighted by molar-refractivity contribution is 0.0433. The smallest absolute Gasteiger partial charge is 0.282 e. The predicted octanol–water partition coefficient (Wildman–Crippen LogP) is 1.42. The van der Waals surface area contributed by atoms with Crippen molar-refractivity contribution in [2.45, 2.75) is 31.7 Å². The third-order valence-corrected chi connectivity index (χ3v) is 6.20. The minimum Gasteiger partial charge on any atom is -0.379 e. The lowest BCUT2D eigenvalue weighted by Crippen LogP contribution is -2.44. The number of aromatic nitrogens is 1. The molecule has 0 aromatic carbocycles. The molecule has 1 aliphatic carbocycles. The van der Waals surface area contributed by atoms with Gasteiger partial charge in [-0.25, -0.2) is 4.98 Å². The summed E-state index contributed by atoms with van der Waals surface area (Å²) in [5, 5.41) is 0.704. The Morgan fingerprint density at radius 2 is 2.09 bits per heavy atom. The van der Waals surface area contributed by atoms with Crippen molar-refractivity contribution >= 4 is 17.2 Å². The Kier molecular flexibility index (Phi) is 3.92. The molecule has 120 valence electrons. The van der Waals surface area contributed by atoms with E-state index in [1.54, 1.807) is 11.3 Å². The van der Waals surface area contributed by atoms with Crippen LogP contribution in [0.15, 0.2) is 0 Å². The summed E-state index contributed by atoms with van der Waals surface area (Å²) < 4.78 is 5.74. The summed E-state index contributed by atoms with van der Waals surface area (Å²) in [6.07, 6.45) is 4.59. The van der Waals surface area contributed by atoms with Gasteiger partial charge in [-0.2, -0.15) is 0 Å². The highest BCUT2D eigenvalue weighted by atomic mass is 32.1. The third kappa shape index (κ3) is 2.68. The van der Waals surface area contributed by atoms with Crippen LogP contribution in [0.3, 0.4) is 0 Å². The summed E-state index contributed by atoms with van der Waals surface area (Å²) >= 11 is 1.63. The van der Waals surface area contributed by atoms with Crippen LogP contribution in [0.25, 0.3) is 0 Å². The van der Waals surface area contributed by atoms with Crippen LogP contribution in [-0.4, -0.2) is 66.6 Å². The molecule has 2 fully saturated rings. The first-order valence-corrected chi connectivity index (χ1v) is 9.08. The van der Waals surface area contributed by atoms with Gasteiger partial charge in [0.2, 0.25) is 0 Å². The molecule has 5 nitrogen and oxygen atoms in total. The summed E-state index contributed by atoms with van der Waals surface area (Å²) in [5.41, 5.74) is 1.18. The molecule has 1 amide bonds. The summed E-state index contributed by atoms with van der Waals surface area (Å²) in [6.45, 7) is 4.06. The molecule has 6 heteroatoms. The number of hydrogen-bond donors (Lipinski definition) is 0. The van der Waals surface area contributed by atoms with E-state index in [4.69, 9.17) is 4.74 Å². The quantitative estimate of drug-likeness (QED) is 0.785. The molecule has 0 N–H and O–H groups in total. The molecule has 2 aliphatic heterocycles. The molecule has 0 saturated carbocycles. The van der Waals surface area contributed by atoms with Gasteiger partial charge in [-0.1, -0.05) is 0 Å². The number of carbonyl (C=O) groups is 1. The molecule has 1 aromatic rings. The molecule has 4 rings (SSSR count). The van der Waals surface area contributed by atoms with Crippen LogP contribution in [0.4, 0.5) is 0 Å². The zero-order valence-electron chi connectivity index (χ0n) is 13.1. The van der Waals surface area contributed by atoms with Gasteiger partial charge in [-0.3, -0.25) is 9.69 Å². The maximum absolute atomic E-state index is 12.9. The minimum absolute atomic E-state index is 0.131. The van der Waals surface area contributed by atoms with Gasteiger partial charge in [0, 0.05) is 30.4 Å². The largest absolute Gasteiger partial charge is 0.379 e. The minimum atomic E-state index is 0.131. The number of fused-ring (bicyclic) bond motifs is 4. The maximum Gasteiger partial charge on any atom is 0.282 e. The lowest BCUT2D eigenvalue weighted by Gasteiger charge is -2.29. The Morgan fingerprint density at radius 3 is 2.95 bits per heavy atom. The van der Waals surface area contributed by atoms with E-state index in [0.29, 0.717) is 17.0 Å². The van der Waals surface area contributed by atoms with Crippen LogP contribution in [0.5, 0.6) is 0 Å². The van der Waals surface area contributed by atoms with E-state index in [1.807, 2.05) is 4.90 Å². The van der Waals surface area contributed by atoms with Crippen LogP contribution >= 0.6 is 11.3 Å². The summed E-state index contributed by atoms with van der Waals surface area (Å²) in [5.74, 6) is 0.544. The fraction of sp³-hybridized carbons (Fsp3) is 0.750. The van der Waals surface area contributed by atoms with Crippen molar-refractivity contribution in [2.24, 2.45) is 5.92 Å². The van der Waals surface area contributed by atoms with Crippen molar-refractivity contribution in [1.29, 1.82) is 0 Å². The molecular weight excluding hydrogens is 298 g/mol. The van der Waals surface area contributed by atoms with Crippen LogP contribution < -0.4 is 0 Å². The summed E-state index contributed by atoms with van der Waals surface area (Å²) in [6, 6.07) is 0.311.